The minimum absolute atomic E-state index is 0.000756. The molecule has 2 aliphatic rings. The number of aliphatic hydroxyl groups is 1. The second-order valence-electron chi connectivity index (χ2n) is 9.58. The second kappa shape index (κ2) is 10.4. The Morgan fingerprint density at radius 1 is 1.13 bits per heavy atom. The molecular weight excluding hydrogens is 382 g/mol. The lowest BCUT2D eigenvalue weighted by atomic mass is 9.68. The van der Waals surface area contributed by atoms with E-state index in [4.69, 9.17) is 5.11 Å². The van der Waals surface area contributed by atoms with Gasteiger partial charge in [-0.1, -0.05) is 25.5 Å². The molecule has 7 nitrogen and oxygen atoms in total. The van der Waals surface area contributed by atoms with E-state index in [1.807, 2.05) is 32.9 Å². The summed E-state index contributed by atoms with van der Waals surface area (Å²) in [7, 11) is 1.61. The summed E-state index contributed by atoms with van der Waals surface area (Å²) in [6, 6.07) is -0.609. The van der Waals surface area contributed by atoms with Gasteiger partial charge in [0, 0.05) is 31.7 Å². The predicted octanol–water partition coefficient (Wildman–Crippen LogP) is 1.86. The number of rotatable bonds is 9. The van der Waals surface area contributed by atoms with E-state index in [1.54, 1.807) is 11.9 Å². The van der Waals surface area contributed by atoms with Gasteiger partial charge in [-0.05, 0) is 52.4 Å². The van der Waals surface area contributed by atoms with Gasteiger partial charge < -0.3 is 20.6 Å². The molecule has 1 fully saturated rings. The van der Waals surface area contributed by atoms with Crippen molar-refractivity contribution in [2.75, 3.05) is 20.2 Å². The van der Waals surface area contributed by atoms with Crippen molar-refractivity contribution in [3.63, 3.8) is 0 Å². The Balaban J connectivity index is 2.39. The molecule has 3 amide bonds. The highest BCUT2D eigenvalue weighted by Gasteiger charge is 2.56. The van der Waals surface area contributed by atoms with Crippen LogP contribution < -0.4 is 10.6 Å². The minimum Gasteiger partial charge on any atom is -0.396 e. The first-order valence-corrected chi connectivity index (χ1v) is 11.3. The van der Waals surface area contributed by atoms with E-state index in [0.717, 1.165) is 25.7 Å². The molecule has 0 saturated carbocycles. The summed E-state index contributed by atoms with van der Waals surface area (Å²) in [5.74, 6) is -1.67. The molecular formula is C23H39N3O4. The fourth-order valence-electron chi connectivity index (χ4n) is 4.89. The molecule has 0 spiro atoms. The molecule has 5 atom stereocenters. The molecule has 0 bridgehead atoms. The van der Waals surface area contributed by atoms with E-state index in [1.165, 1.54) is 0 Å². The van der Waals surface area contributed by atoms with Crippen LogP contribution >= 0.6 is 0 Å². The van der Waals surface area contributed by atoms with Crippen molar-refractivity contribution in [1.29, 1.82) is 0 Å². The lowest BCUT2D eigenvalue weighted by molar-refractivity contribution is -0.141. The first-order chi connectivity index (χ1) is 14.2. The largest absolute Gasteiger partial charge is 0.396 e. The maximum absolute atomic E-state index is 13.5. The van der Waals surface area contributed by atoms with Gasteiger partial charge in [0.2, 0.25) is 17.7 Å². The second-order valence-corrected chi connectivity index (χ2v) is 9.58. The van der Waals surface area contributed by atoms with Crippen LogP contribution in [-0.4, -0.2) is 59.5 Å². The van der Waals surface area contributed by atoms with Crippen LogP contribution in [0.5, 0.6) is 0 Å². The molecule has 0 aromatic carbocycles. The zero-order valence-corrected chi connectivity index (χ0v) is 19.1. The zero-order chi connectivity index (χ0) is 22.5. The van der Waals surface area contributed by atoms with E-state index >= 15 is 0 Å². The third-order valence-corrected chi connectivity index (χ3v) is 6.11. The monoisotopic (exact) mass is 421 g/mol. The number of allylic oxidation sites excluding steroid dienone is 1. The Labute approximate surface area is 180 Å². The number of aliphatic hydroxyl groups excluding tert-OH is 1. The smallest absolute Gasteiger partial charge is 0.243 e. The number of likely N-dealkylation sites (tertiary alicyclic amines) is 1. The number of carbonyl (C=O) groups excluding carboxylic acids is 3. The van der Waals surface area contributed by atoms with Gasteiger partial charge in [0.25, 0.3) is 0 Å². The van der Waals surface area contributed by atoms with E-state index in [9.17, 15) is 14.4 Å². The summed E-state index contributed by atoms with van der Waals surface area (Å²) in [6.07, 6.45) is 7.99. The Hall–Kier alpha value is -1.89. The van der Waals surface area contributed by atoms with Crippen molar-refractivity contribution in [3.05, 3.63) is 12.2 Å². The van der Waals surface area contributed by atoms with Crippen molar-refractivity contribution < 1.29 is 19.5 Å². The number of nitrogens with one attached hydrogen (secondary N) is 2. The van der Waals surface area contributed by atoms with Crippen LogP contribution in [0.1, 0.15) is 59.8 Å². The fraction of sp³-hybridized carbons (Fsp3) is 0.783. The molecule has 170 valence electrons. The Kier molecular flexibility index (Phi) is 8.47. The highest BCUT2D eigenvalue weighted by Crippen LogP contribution is 2.45. The van der Waals surface area contributed by atoms with Gasteiger partial charge in [-0.2, -0.15) is 0 Å². The lowest BCUT2D eigenvalue weighted by Crippen LogP contribution is -2.52. The maximum atomic E-state index is 13.5. The third kappa shape index (κ3) is 5.42. The highest BCUT2D eigenvalue weighted by molar-refractivity contribution is 5.96. The summed E-state index contributed by atoms with van der Waals surface area (Å²) < 4.78 is 0. The third-order valence-electron chi connectivity index (χ3n) is 6.11. The summed E-state index contributed by atoms with van der Waals surface area (Å²) in [5.41, 5.74) is -0.413. The average Bonchev–Trinajstić information content (AvgIpc) is 2.95. The van der Waals surface area contributed by atoms with Crippen molar-refractivity contribution in [2.45, 2.75) is 71.4 Å². The SMILES string of the molecule is CCC[C@@H]1C=C[C@H]2[C@H](C(=O)N(CCCCCO)[C@@H]2C(=O)NC(C)(C)C)[C@@H]1C(=O)NC. The number of fused-ring (bicyclic) bond motifs is 1. The number of hydrogen-bond acceptors (Lipinski definition) is 4. The van der Waals surface area contributed by atoms with Crippen molar-refractivity contribution >= 4 is 17.7 Å². The predicted molar refractivity (Wildman–Crippen MR) is 116 cm³/mol. The molecule has 30 heavy (non-hydrogen) atoms. The molecule has 7 heteroatoms. The normalized spacial score (nSPS) is 28.4. The Bertz CT molecular complexity index is 655. The lowest BCUT2D eigenvalue weighted by Gasteiger charge is -2.34. The molecule has 1 saturated heterocycles. The van der Waals surface area contributed by atoms with Gasteiger partial charge in [-0.15, -0.1) is 0 Å². The molecule has 0 aromatic rings. The van der Waals surface area contributed by atoms with Gasteiger partial charge >= 0.3 is 0 Å². The van der Waals surface area contributed by atoms with E-state index < -0.39 is 23.4 Å². The highest BCUT2D eigenvalue weighted by atomic mass is 16.3. The van der Waals surface area contributed by atoms with E-state index in [-0.39, 0.29) is 36.2 Å². The molecule has 2 rings (SSSR count). The number of carbonyl (C=O) groups is 3. The van der Waals surface area contributed by atoms with Crippen LogP contribution in [0.15, 0.2) is 12.2 Å². The average molecular weight is 422 g/mol. The van der Waals surface area contributed by atoms with Crippen molar-refractivity contribution in [1.82, 2.24) is 15.5 Å². The summed E-state index contributed by atoms with van der Waals surface area (Å²) in [6.45, 7) is 8.42. The van der Waals surface area contributed by atoms with Crippen LogP contribution in [0.4, 0.5) is 0 Å². The topological polar surface area (TPSA) is 98.7 Å². The molecule has 1 aliphatic heterocycles. The van der Waals surface area contributed by atoms with E-state index in [0.29, 0.717) is 13.0 Å². The first-order valence-electron chi connectivity index (χ1n) is 11.3. The molecule has 0 aromatic heterocycles. The molecule has 1 aliphatic carbocycles. The Morgan fingerprint density at radius 2 is 1.83 bits per heavy atom. The number of amides is 3. The maximum Gasteiger partial charge on any atom is 0.243 e. The zero-order valence-electron chi connectivity index (χ0n) is 19.1. The standard InChI is InChI=1S/C23H39N3O4/c1-6-10-15-11-12-16-18(17(15)20(28)24-5)22(30)26(13-8-7-9-14-27)19(16)21(29)25-23(2,3)4/h11-12,15-19,27H,6-10,13-14H2,1-5H3,(H,24,28)(H,25,29)/t15-,16+,17-,18+,19+/m1/s1. The van der Waals surface area contributed by atoms with Crippen molar-refractivity contribution in [2.24, 2.45) is 23.7 Å². The van der Waals surface area contributed by atoms with Crippen LogP contribution in [-0.2, 0) is 14.4 Å². The summed E-state index contributed by atoms with van der Waals surface area (Å²) >= 11 is 0. The van der Waals surface area contributed by atoms with Crippen LogP contribution in [0, 0.1) is 23.7 Å². The van der Waals surface area contributed by atoms with Gasteiger partial charge in [0.05, 0.1) is 11.8 Å². The quantitative estimate of drug-likeness (QED) is 0.391. The van der Waals surface area contributed by atoms with Crippen LogP contribution in [0.3, 0.4) is 0 Å². The first kappa shape index (κ1) is 24.4. The van der Waals surface area contributed by atoms with Gasteiger partial charge in [-0.3, -0.25) is 14.4 Å². The fourth-order valence-corrected chi connectivity index (χ4v) is 4.89. The molecule has 3 N–H and O–H groups in total. The van der Waals surface area contributed by atoms with Crippen LogP contribution in [0.25, 0.3) is 0 Å². The van der Waals surface area contributed by atoms with Gasteiger partial charge in [0.15, 0.2) is 0 Å². The summed E-state index contributed by atoms with van der Waals surface area (Å²) in [5, 5.41) is 14.8. The Morgan fingerprint density at radius 3 is 2.40 bits per heavy atom. The summed E-state index contributed by atoms with van der Waals surface area (Å²) in [4.78, 5) is 41.3. The minimum atomic E-state index is -0.609. The van der Waals surface area contributed by atoms with E-state index in [2.05, 4.69) is 17.6 Å². The molecule has 1 heterocycles. The van der Waals surface area contributed by atoms with Crippen molar-refractivity contribution in [3.8, 4) is 0 Å². The van der Waals surface area contributed by atoms with Crippen LogP contribution in [0.2, 0.25) is 0 Å². The van der Waals surface area contributed by atoms with Gasteiger partial charge in [0.1, 0.15) is 6.04 Å². The van der Waals surface area contributed by atoms with Gasteiger partial charge in [-0.25, -0.2) is 0 Å². The number of unbranched alkanes of at least 4 members (excludes halogenated alkanes) is 2. The molecule has 0 unspecified atom stereocenters. The number of nitrogens with zero attached hydrogens (tertiary/aromatic N) is 1. The molecule has 0 radical (unpaired) electrons. The number of hydrogen-bond donors (Lipinski definition) is 3.